The van der Waals surface area contributed by atoms with Crippen molar-refractivity contribution in [2.45, 2.75) is 33.7 Å². The largest absolute Gasteiger partial charge is 0.464 e. The van der Waals surface area contributed by atoms with Gasteiger partial charge in [-0.1, -0.05) is 13.8 Å². The average molecular weight is 231 g/mol. The van der Waals surface area contributed by atoms with Gasteiger partial charge in [-0.2, -0.15) is 0 Å². The van der Waals surface area contributed by atoms with Gasteiger partial charge in [-0.15, -0.1) is 0 Å². The molecular formula is C11H21NO4. The van der Waals surface area contributed by atoms with Crippen molar-refractivity contribution in [3.63, 3.8) is 0 Å². The van der Waals surface area contributed by atoms with Crippen LogP contribution in [0.3, 0.4) is 0 Å². The Morgan fingerprint density at radius 1 is 0.938 bits per heavy atom. The van der Waals surface area contributed by atoms with Crippen molar-refractivity contribution in [1.82, 2.24) is 4.90 Å². The highest BCUT2D eigenvalue weighted by Gasteiger charge is 2.33. The number of nitrogens with zero attached hydrogens (tertiary/aromatic N) is 1. The van der Waals surface area contributed by atoms with Crippen LogP contribution in [-0.4, -0.2) is 49.2 Å². The number of hydrogen-bond donors (Lipinski definition) is 0. The Morgan fingerprint density at radius 3 is 1.56 bits per heavy atom. The van der Waals surface area contributed by atoms with Gasteiger partial charge >= 0.3 is 11.9 Å². The van der Waals surface area contributed by atoms with Gasteiger partial charge in [-0.3, -0.25) is 4.90 Å². The van der Waals surface area contributed by atoms with E-state index in [1.54, 1.807) is 18.7 Å². The molecule has 0 spiro atoms. The molecule has 5 heteroatoms. The fourth-order valence-electron chi connectivity index (χ4n) is 1.43. The Bertz CT molecular complexity index is 208. The maximum atomic E-state index is 11.7. The van der Waals surface area contributed by atoms with E-state index in [1.165, 1.54) is 0 Å². The van der Waals surface area contributed by atoms with Crippen LogP contribution >= 0.6 is 0 Å². The van der Waals surface area contributed by atoms with Gasteiger partial charge < -0.3 is 9.47 Å². The Morgan fingerprint density at radius 2 is 1.31 bits per heavy atom. The van der Waals surface area contributed by atoms with Crippen molar-refractivity contribution in [2.75, 3.05) is 26.3 Å². The predicted molar refractivity (Wildman–Crippen MR) is 60.0 cm³/mol. The fraction of sp³-hybridized carbons (Fsp3) is 0.818. The summed E-state index contributed by atoms with van der Waals surface area (Å²) in [7, 11) is 0. The van der Waals surface area contributed by atoms with Gasteiger partial charge in [-0.05, 0) is 26.9 Å². The van der Waals surface area contributed by atoms with Gasteiger partial charge in [0, 0.05) is 0 Å². The normalized spacial score (nSPS) is 10.6. The van der Waals surface area contributed by atoms with E-state index in [4.69, 9.17) is 9.47 Å². The summed E-state index contributed by atoms with van der Waals surface area (Å²) >= 11 is 0. The molecule has 5 nitrogen and oxygen atoms in total. The lowest BCUT2D eigenvalue weighted by Crippen LogP contribution is -2.48. The van der Waals surface area contributed by atoms with E-state index < -0.39 is 18.0 Å². The quantitative estimate of drug-likeness (QED) is 0.479. The van der Waals surface area contributed by atoms with Gasteiger partial charge in [0.05, 0.1) is 13.2 Å². The van der Waals surface area contributed by atoms with Crippen LogP contribution in [-0.2, 0) is 19.1 Å². The molecule has 0 unspecified atom stereocenters. The van der Waals surface area contributed by atoms with E-state index in [0.717, 1.165) is 0 Å². The number of ether oxygens (including phenoxy) is 2. The van der Waals surface area contributed by atoms with Crippen LogP contribution in [0.4, 0.5) is 0 Å². The van der Waals surface area contributed by atoms with E-state index in [-0.39, 0.29) is 13.2 Å². The summed E-state index contributed by atoms with van der Waals surface area (Å²) in [6.07, 6.45) is 0. The van der Waals surface area contributed by atoms with Crippen molar-refractivity contribution >= 4 is 11.9 Å². The van der Waals surface area contributed by atoms with E-state index in [2.05, 4.69) is 0 Å². The Kier molecular flexibility index (Phi) is 7.54. The Hall–Kier alpha value is -1.10. The third kappa shape index (κ3) is 4.18. The van der Waals surface area contributed by atoms with Gasteiger partial charge in [0.1, 0.15) is 0 Å². The molecule has 0 heterocycles. The minimum absolute atomic E-state index is 0.260. The second kappa shape index (κ2) is 8.10. The molecule has 16 heavy (non-hydrogen) atoms. The lowest BCUT2D eigenvalue weighted by Gasteiger charge is -2.25. The smallest absolute Gasteiger partial charge is 0.335 e. The number of carbonyl (C=O) groups is 2. The molecule has 0 N–H and O–H groups in total. The van der Waals surface area contributed by atoms with Crippen LogP contribution in [0.25, 0.3) is 0 Å². The van der Waals surface area contributed by atoms with Crippen molar-refractivity contribution < 1.29 is 19.1 Å². The molecule has 0 fully saturated rings. The highest BCUT2D eigenvalue weighted by molar-refractivity contribution is 5.99. The summed E-state index contributed by atoms with van der Waals surface area (Å²) in [5.41, 5.74) is 0. The van der Waals surface area contributed by atoms with Crippen LogP contribution in [0.2, 0.25) is 0 Å². The molecule has 0 saturated heterocycles. The zero-order chi connectivity index (χ0) is 12.6. The lowest BCUT2D eigenvalue weighted by atomic mass is 10.2. The molecule has 0 atom stereocenters. The molecule has 0 aromatic rings. The minimum Gasteiger partial charge on any atom is -0.464 e. The number of likely N-dealkylation sites (N-methyl/N-ethyl adjacent to an activating group) is 1. The first-order valence-electron chi connectivity index (χ1n) is 5.69. The molecule has 0 aliphatic heterocycles. The monoisotopic (exact) mass is 231 g/mol. The standard InChI is InChI=1S/C11H21NO4/c1-5-12(6-2)9(10(13)15-7-3)11(14)16-8-4/h9H,5-8H2,1-4H3. The molecular weight excluding hydrogens is 210 g/mol. The molecule has 0 saturated carbocycles. The van der Waals surface area contributed by atoms with Crippen LogP contribution in [0.1, 0.15) is 27.7 Å². The van der Waals surface area contributed by atoms with Crippen molar-refractivity contribution in [1.29, 1.82) is 0 Å². The van der Waals surface area contributed by atoms with Crippen LogP contribution in [0.15, 0.2) is 0 Å². The third-order valence-corrected chi connectivity index (χ3v) is 2.20. The highest BCUT2D eigenvalue weighted by Crippen LogP contribution is 2.05. The Balaban J connectivity index is 4.73. The highest BCUT2D eigenvalue weighted by atomic mass is 16.6. The molecule has 0 radical (unpaired) electrons. The second-order valence-corrected chi connectivity index (χ2v) is 3.13. The second-order valence-electron chi connectivity index (χ2n) is 3.13. The number of carbonyl (C=O) groups excluding carboxylic acids is 2. The summed E-state index contributed by atoms with van der Waals surface area (Å²) in [5.74, 6) is -1.07. The summed E-state index contributed by atoms with van der Waals surface area (Å²) in [4.78, 5) is 25.0. The van der Waals surface area contributed by atoms with Crippen molar-refractivity contribution in [3.05, 3.63) is 0 Å². The molecule has 0 aromatic carbocycles. The van der Waals surface area contributed by atoms with E-state index >= 15 is 0 Å². The summed E-state index contributed by atoms with van der Waals surface area (Å²) < 4.78 is 9.75. The summed E-state index contributed by atoms with van der Waals surface area (Å²) in [6, 6.07) is -0.935. The lowest BCUT2D eigenvalue weighted by molar-refractivity contribution is -0.163. The zero-order valence-corrected chi connectivity index (χ0v) is 10.5. The minimum atomic E-state index is -0.935. The molecule has 0 aliphatic carbocycles. The molecule has 0 rings (SSSR count). The number of hydrogen-bond acceptors (Lipinski definition) is 5. The first-order valence-corrected chi connectivity index (χ1v) is 5.69. The fourth-order valence-corrected chi connectivity index (χ4v) is 1.43. The van der Waals surface area contributed by atoms with E-state index in [1.807, 2.05) is 13.8 Å². The van der Waals surface area contributed by atoms with E-state index in [9.17, 15) is 9.59 Å². The molecule has 94 valence electrons. The SMILES string of the molecule is CCOC(=O)C(C(=O)OCC)N(CC)CC. The van der Waals surface area contributed by atoms with Crippen molar-refractivity contribution in [3.8, 4) is 0 Å². The number of rotatable bonds is 7. The zero-order valence-electron chi connectivity index (χ0n) is 10.5. The first-order chi connectivity index (χ1) is 7.62. The van der Waals surface area contributed by atoms with Gasteiger partial charge in [0.15, 0.2) is 0 Å². The van der Waals surface area contributed by atoms with Gasteiger partial charge in [0.25, 0.3) is 0 Å². The average Bonchev–Trinajstić information content (AvgIpc) is 2.25. The first kappa shape index (κ1) is 14.9. The topological polar surface area (TPSA) is 55.8 Å². The Labute approximate surface area is 96.7 Å². The molecule has 0 amide bonds. The van der Waals surface area contributed by atoms with Crippen LogP contribution in [0, 0.1) is 0 Å². The van der Waals surface area contributed by atoms with Gasteiger partial charge in [0.2, 0.25) is 6.04 Å². The summed E-state index contributed by atoms with van der Waals surface area (Å²) in [6.45, 7) is 8.90. The molecule has 0 aliphatic rings. The third-order valence-electron chi connectivity index (χ3n) is 2.20. The molecule has 0 bridgehead atoms. The van der Waals surface area contributed by atoms with Crippen molar-refractivity contribution in [2.24, 2.45) is 0 Å². The van der Waals surface area contributed by atoms with E-state index in [0.29, 0.717) is 13.1 Å². The maximum Gasteiger partial charge on any atom is 0.335 e. The molecule has 0 aromatic heterocycles. The number of esters is 2. The summed E-state index contributed by atoms with van der Waals surface area (Å²) in [5, 5.41) is 0. The maximum absolute atomic E-state index is 11.7. The van der Waals surface area contributed by atoms with Crippen LogP contribution < -0.4 is 0 Å². The van der Waals surface area contributed by atoms with Gasteiger partial charge in [-0.25, -0.2) is 9.59 Å². The van der Waals surface area contributed by atoms with Crippen LogP contribution in [0.5, 0.6) is 0 Å². The predicted octanol–water partition coefficient (Wildman–Crippen LogP) is 0.823.